The Kier molecular flexibility index (Phi) is 2.18. The Morgan fingerprint density at radius 1 is 1.36 bits per heavy atom. The summed E-state index contributed by atoms with van der Waals surface area (Å²) in [6.45, 7) is 1.95. The molecular weight excluding hydrogens is 136 g/mol. The number of hydrogen-bond donors (Lipinski definition) is 1. The molecule has 1 unspecified atom stereocenters. The molecule has 0 amide bonds. The molecule has 0 heterocycles. The van der Waals surface area contributed by atoms with E-state index < -0.39 is 0 Å². The van der Waals surface area contributed by atoms with Gasteiger partial charge in [0.15, 0.2) is 0 Å². The lowest BCUT2D eigenvalue weighted by Gasteiger charge is -2.02. The van der Waals surface area contributed by atoms with E-state index in [2.05, 4.69) is 5.92 Å². The van der Waals surface area contributed by atoms with Crippen molar-refractivity contribution in [2.75, 3.05) is 0 Å². The first kappa shape index (κ1) is 7.68. The van der Waals surface area contributed by atoms with Gasteiger partial charge in [0.25, 0.3) is 0 Å². The van der Waals surface area contributed by atoms with Gasteiger partial charge in [-0.05, 0) is 24.6 Å². The summed E-state index contributed by atoms with van der Waals surface area (Å²) in [7, 11) is 0. The van der Waals surface area contributed by atoms with Crippen molar-refractivity contribution in [3.05, 3.63) is 29.8 Å². The van der Waals surface area contributed by atoms with Gasteiger partial charge in [0, 0.05) is 5.92 Å². The molecule has 0 radical (unpaired) electrons. The van der Waals surface area contributed by atoms with Gasteiger partial charge in [0.2, 0.25) is 0 Å². The van der Waals surface area contributed by atoms with E-state index in [4.69, 9.17) is 11.5 Å². The SMILES string of the molecule is C#CC(C)c1ccc(O)cc1. The third kappa shape index (κ3) is 1.75. The highest BCUT2D eigenvalue weighted by Gasteiger charge is 1.99. The van der Waals surface area contributed by atoms with Gasteiger partial charge in [-0.2, -0.15) is 0 Å². The van der Waals surface area contributed by atoms with Gasteiger partial charge in [-0.25, -0.2) is 0 Å². The number of aromatic hydroxyl groups is 1. The molecule has 1 rings (SSSR count). The molecule has 0 saturated carbocycles. The lowest BCUT2D eigenvalue weighted by atomic mass is 10.0. The van der Waals surface area contributed by atoms with E-state index in [1.54, 1.807) is 12.1 Å². The molecule has 0 spiro atoms. The number of benzene rings is 1. The summed E-state index contributed by atoms with van der Waals surface area (Å²) in [6, 6.07) is 6.95. The summed E-state index contributed by atoms with van der Waals surface area (Å²) in [5.41, 5.74) is 1.06. The van der Waals surface area contributed by atoms with Crippen LogP contribution in [0.1, 0.15) is 18.4 Å². The second kappa shape index (κ2) is 3.12. The molecule has 0 fully saturated rings. The Morgan fingerprint density at radius 2 is 1.91 bits per heavy atom. The molecule has 1 atom stereocenters. The fourth-order valence-corrected chi connectivity index (χ4v) is 0.859. The zero-order valence-corrected chi connectivity index (χ0v) is 6.41. The van der Waals surface area contributed by atoms with Crippen LogP contribution in [0, 0.1) is 12.3 Å². The van der Waals surface area contributed by atoms with Crippen LogP contribution in [0.25, 0.3) is 0 Å². The van der Waals surface area contributed by atoms with E-state index in [1.807, 2.05) is 19.1 Å². The summed E-state index contributed by atoms with van der Waals surface area (Å²) in [5.74, 6) is 3.02. The highest BCUT2D eigenvalue weighted by Crippen LogP contribution is 2.16. The molecule has 0 aliphatic carbocycles. The van der Waals surface area contributed by atoms with Gasteiger partial charge in [-0.3, -0.25) is 0 Å². The number of rotatable bonds is 1. The molecule has 1 nitrogen and oxygen atoms in total. The lowest BCUT2D eigenvalue weighted by molar-refractivity contribution is 0.475. The predicted octanol–water partition coefficient (Wildman–Crippen LogP) is 2.13. The van der Waals surface area contributed by atoms with Crippen LogP contribution in [-0.2, 0) is 0 Å². The number of hydrogen-bond acceptors (Lipinski definition) is 1. The third-order valence-electron chi connectivity index (χ3n) is 1.64. The second-order valence-electron chi connectivity index (χ2n) is 2.48. The van der Waals surface area contributed by atoms with Crippen molar-refractivity contribution < 1.29 is 5.11 Å². The Bertz CT molecular complexity index is 266. The van der Waals surface area contributed by atoms with Crippen LogP contribution >= 0.6 is 0 Å². The Hall–Kier alpha value is -1.42. The quantitative estimate of drug-likeness (QED) is 0.602. The Balaban J connectivity index is 2.92. The van der Waals surface area contributed by atoms with E-state index in [9.17, 15) is 0 Å². The fraction of sp³-hybridized carbons (Fsp3) is 0.200. The molecule has 1 aromatic rings. The molecule has 1 N–H and O–H groups in total. The van der Waals surface area contributed by atoms with Crippen LogP contribution in [0.5, 0.6) is 5.75 Å². The van der Waals surface area contributed by atoms with E-state index in [-0.39, 0.29) is 11.7 Å². The first-order chi connectivity index (χ1) is 5.24. The standard InChI is InChI=1S/C10H10O/c1-3-8(2)9-4-6-10(11)7-5-9/h1,4-8,11H,2H3. The van der Waals surface area contributed by atoms with E-state index in [0.717, 1.165) is 5.56 Å². The largest absolute Gasteiger partial charge is 0.508 e. The van der Waals surface area contributed by atoms with Crippen molar-refractivity contribution >= 4 is 0 Å². The minimum absolute atomic E-state index is 0.121. The molecule has 56 valence electrons. The van der Waals surface area contributed by atoms with Crippen LogP contribution in [0.15, 0.2) is 24.3 Å². The molecule has 11 heavy (non-hydrogen) atoms. The summed E-state index contributed by atoms with van der Waals surface area (Å²) in [4.78, 5) is 0. The molecule has 0 saturated heterocycles. The maximum absolute atomic E-state index is 8.96. The molecule has 0 aromatic heterocycles. The van der Waals surface area contributed by atoms with Crippen LogP contribution in [0.2, 0.25) is 0 Å². The van der Waals surface area contributed by atoms with Gasteiger partial charge < -0.3 is 5.11 Å². The van der Waals surface area contributed by atoms with E-state index >= 15 is 0 Å². The molecule has 0 aliphatic heterocycles. The maximum atomic E-state index is 8.96. The number of phenolic OH excluding ortho intramolecular Hbond substituents is 1. The summed E-state index contributed by atoms with van der Waals surface area (Å²) in [5, 5.41) is 8.96. The molecule has 0 bridgehead atoms. The first-order valence-corrected chi connectivity index (χ1v) is 3.49. The molecule has 1 aromatic carbocycles. The normalized spacial score (nSPS) is 12.0. The number of terminal acetylenes is 1. The second-order valence-corrected chi connectivity index (χ2v) is 2.48. The average molecular weight is 146 g/mol. The summed E-state index contributed by atoms with van der Waals surface area (Å²) in [6.07, 6.45) is 5.23. The van der Waals surface area contributed by atoms with Gasteiger partial charge in [0.1, 0.15) is 5.75 Å². The van der Waals surface area contributed by atoms with Crippen molar-refractivity contribution in [1.82, 2.24) is 0 Å². The van der Waals surface area contributed by atoms with E-state index in [0.29, 0.717) is 0 Å². The van der Waals surface area contributed by atoms with Crippen molar-refractivity contribution in [3.8, 4) is 18.1 Å². The van der Waals surface area contributed by atoms with Crippen LogP contribution in [-0.4, -0.2) is 5.11 Å². The lowest BCUT2D eigenvalue weighted by Crippen LogP contribution is -1.87. The van der Waals surface area contributed by atoms with Crippen LogP contribution in [0.4, 0.5) is 0 Å². The summed E-state index contributed by atoms with van der Waals surface area (Å²) >= 11 is 0. The van der Waals surface area contributed by atoms with Crippen LogP contribution < -0.4 is 0 Å². The van der Waals surface area contributed by atoms with Gasteiger partial charge in [-0.1, -0.05) is 18.1 Å². The zero-order chi connectivity index (χ0) is 8.27. The topological polar surface area (TPSA) is 20.2 Å². The maximum Gasteiger partial charge on any atom is 0.115 e. The fourth-order valence-electron chi connectivity index (χ4n) is 0.859. The third-order valence-corrected chi connectivity index (χ3v) is 1.64. The minimum atomic E-state index is 0.121. The van der Waals surface area contributed by atoms with Crippen molar-refractivity contribution in [2.24, 2.45) is 0 Å². The monoisotopic (exact) mass is 146 g/mol. The van der Waals surface area contributed by atoms with Gasteiger partial charge in [0.05, 0.1) is 0 Å². The van der Waals surface area contributed by atoms with Gasteiger partial charge in [-0.15, -0.1) is 6.42 Å². The van der Waals surface area contributed by atoms with E-state index in [1.165, 1.54) is 0 Å². The van der Waals surface area contributed by atoms with Crippen LogP contribution in [0.3, 0.4) is 0 Å². The minimum Gasteiger partial charge on any atom is -0.508 e. The molecule has 0 aliphatic rings. The zero-order valence-electron chi connectivity index (χ0n) is 6.41. The van der Waals surface area contributed by atoms with Crippen molar-refractivity contribution in [1.29, 1.82) is 0 Å². The first-order valence-electron chi connectivity index (χ1n) is 3.49. The molecular formula is C10H10O. The Labute approximate surface area is 66.7 Å². The van der Waals surface area contributed by atoms with Gasteiger partial charge >= 0.3 is 0 Å². The highest BCUT2D eigenvalue weighted by molar-refractivity contribution is 5.31. The van der Waals surface area contributed by atoms with Crippen molar-refractivity contribution in [3.63, 3.8) is 0 Å². The summed E-state index contributed by atoms with van der Waals surface area (Å²) < 4.78 is 0. The molecule has 1 heteroatoms. The number of phenols is 1. The predicted molar refractivity (Wildman–Crippen MR) is 45.4 cm³/mol. The van der Waals surface area contributed by atoms with Crippen molar-refractivity contribution in [2.45, 2.75) is 12.8 Å². The smallest absolute Gasteiger partial charge is 0.115 e. The average Bonchev–Trinajstić information content (AvgIpc) is 2.05. The Morgan fingerprint density at radius 3 is 2.36 bits per heavy atom. The highest BCUT2D eigenvalue weighted by atomic mass is 16.3.